The molecule has 29 heavy (non-hydrogen) atoms. The molecule has 2 aromatic heterocycles. The molecule has 2 heterocycles. The van der Waals surface area contributed by atoms with E-state index in [-0.39, 0.29) is 5.91 Å². The lowest BCUT2D eigenvalue weighted by atomic mass is 9.99. The minimum absolute atomic E-state index is 0.182. The van der Waals surface area contributed by atoms with Gasteiger partial charge in [-0.25, -0.2) is 4.98 Å². The Morgan fingerprint density at radius 3 is 2.66 bits per heavy atom. The molecule has 0 bridgehead atoms. The SMILES string of the molecule is COc1ccnc(CNC(=O)c2cc(CBr)cc(-c3cc(C)cnc3OC)c2)c1. The summed E-state index contributed by atoms with van der Waals surface area (Å²) in [6, 6.07) is 11.3. The third-order valence-electron chi connectivity index (χ3n) is 4.36. The molecule has 0 atom stereocenters. The number of alkyl halides is 1. The van der Waals surface area contributed by atoms with Crippen LogP contribution in [0.3, 0.4) is 0 Å². The van der Waals surface area contributed by atoms with Crippen LogP contribution in [0.1, 0.15) is 27.2 Å². The maximum atomic E-state index is 12.8. The third kappa shape index (κ3) is 5.12. The Labute approximate surface area is 178 Å². The topological polar surface area (TPSA) is 73.3 Å². The zero-order valence-corrected chi connectivity index (χ0v) is 18.1. The van der Waals surface area contributed by atoms with Crippen molar-refractivity contribution in [2.45, 2.75) is 18.8 Å². The first-order valence-electron chi connectivity index (χ1n) is 9.02. The number of halogens is 1. The number of amides is 1. The molecule has 0 saturated heterocycles. The van der Waals surface area contributed by atoms with E-state index in [1.807, 2.05) is 31.2 Å². The Morgan fingerprint density at radius 2 is 1.93 bits per heavy atom. The zero-order chi connectivity index (χ0) is 20.8. The van der Waals surface area contributed by atoms with Crippen molar-refractivity contribution in [3.63, 3.8) is 0 Å². The van der Waals surface area contributed by atoms with Crippen molar-refractivity contribution in [1.82, 2.24) is 15.3 Å². The fourth-order valence-electron chi connectivity index (χ4n) is 2.93. The molecular formula is C22H22BrN3O3. The fraction of sp³-hybridized carbons (Fsp3) is 0.227. The van der Waals surface area contributed by atoms with Gasteiger partial charge < -0.3 is 14.8 Å². The zero-order valence-electron chi connectivity index (χ0n) is 16.5. The number of methoxy groups -OCH3 is 2. The maximum Gasteiger partial charge on any atom is 0.251 e. The normalized spacial score (nSPS) is 10.5. The monoisotopic (exact) mass is 455 g/mol. The Balaban J connectivity index is 1.88. The molecule has 0 aliphatic heterocycles. The minimum Gasteiger partial charge on any atom is -0.497 e. The van der Waals surface area contributed by atoms with Crippen LogP contribution >= 0.6 is 15.9 Å². The predicted molar refractivity (Wildman–Crippen MR) is 116 cm³/mol. The fourth-order valence-corrected chi connectivity index (χ4v) is 3.26. The van der Waals surface area contributed by atoms with E-state index in [1.54, 1.807) is 38.7 Å². The first-order chi connectivity index (χ1) is 14.0. The average molecular weight is 456 g/mol. The van der Waals surface area contributed by atoms with Crippen molar-refractivity contribution < 1.29 is 14.3 Å². The van der Waals surface area contributed by atoms with Crippen LogP contribution < -0.4 is 14.8 Å². The molecule has 1 N–H and O–H groups in total. The number of hydrogen-bond donors (Lipinski definition) is 1. The van der Waals surface area contributed by atoms with Gasteiger partial charge in [-0.15, -0.1) is 0 Å². The van der Waals surface area contributed by atoms with E-state index in [0.717, 1.165) is 27.9 Å². The predicted octanol–water partition coefficient (Wildman–Crippen LogP) is 4.29. The van der Waals surface area contributed by atoms with Crippen LogP contribution in [0.15, 0.2) is 48.8 Å². The summed E-state index contributed by atoms with van der Waals surface area (Å²) in [5.41, 5.74) is 5.00. The lowest BCUT2D eigenvalue weighted by Crippen LogP contribution is -2.23. The second-order valence-corrected chi connectivity index (χ2v) is 7.05. The molecule has 0 saturated carbocycles. The highest BCUT2D eigenvalue weighted by Gasteiger charge is 2.14. The molecule has 3 rings (SSSR count). The van der Waals surface area contributed by atoms with Gasteiger partial charge in [0.05, 0.1) is 26.5 Å². The van der Waals surface area contributed by atoms with Crippen LogP contribution in [-0.4, -0.2) is 30.1 Å². The molecule has 0 aliphatic rings. The number of carbonyl (C=O) groups excluding carboxylic acids is 1. The van der Waals surface area contributed by atoms with Crippen LogP contribution in [0.25, 0.3) is 11.1 Å². The van der Waals surface area contributed by atoms with E-state index in [9.17, 15) is 4.79 Å². The largest absolute Gasteiger partial charge is 0.497 e. The summed E-state index contributed by atoms with van der Waals surface area (Å²) in [5, 5.41) is 3.54. The second-order valence-electron chi connectivity index (χ2n) is 6.49. The summed E-state index contributed by atoms with van der Waals surface area (Å²) in [4.78, 5) is 21.4. The van der Waals surface area contributed by atoms with Crippen LogP contribution in [-0.2, 0) is 11.9 Å². The smallest absolute Gasteiger partial charge is 0.251 e. The van der Waals surface area contributed by atoms with Gasteiger partial charge in [0, 0.05) is 34.9 Å². The lowest BCUT2D eigenvalue weighted by molar-refractivity contribution is 0.0950. The molecule has 7 heteroatoms. The molecule has 1 amide bonds. The van der Waals surface area contributed by atoms with Crippen molar-refractivity contribution in [2.75, 3.05) is 14.2 Å². The summed E-state index contributed by atoms with van der Waals surface area (Å²) in [5.74, 6) is 1.04. The van der Waals surface area contributed by atoms with E-state index < -0.39 is 0 Å². The summed E-state index contributed by atoms with van der Waals surface area (Å²) < 4.78 is 10.6. The molecule has 3 aromatic rings. The van der Waals surface area contributed by atoms with E-state index in [0.29, 0.717) is 29.1 Å². The Kier molecular flexibility index (Phi) is 6.82. The van der Waals surface area contributed by atoms with Gasteiger partial charge in [0.1, 0.15) is 5.75 Å². The van der Waals surface area contributed by atoms with Crippen molar-refractivity contribution in [2.24, 2.45) is 0 Å². The van der Waals surface area contributed by atoms with Gasteiger partial charge >= 0.3 is 0 Å². The van der Waals surface area contributed by atoms with E-state index in [1.165, 1.54) is 0 Å². The van der Waals surface area contributed by atoms with Crippen LogP contribution in [0.2, 0.25) is 0 Å². The number of aryl methyl sites for hydroxylation is 1. The number of ether oxygens (including phenoxy) is 2. The summed E-state index contributed by atoms with van der Waals surface area (Å²) in [6.45, 7) is 2.28. The highest BCUT2D eigenvalue weighted by molar-refractivity contribution is 9.08. The number of hydrogen-bond acceptors (Lipinski definition) is 5. The molecule has 0 radical (unpaired) electrons. The van der Waals surface area contributed by atoms with Crippen LogP contribution in [0.4, 0.5) is 0 Å². The molecule has 6 nitrogen and oxygen atoms in total. The van der Waals surface area contributed by atoms with Crippen molar-refractivity contribution >= 4 is 21.8 Å². The van der Waals surface area contributed by atoms with Crippen LogP contribution in [0.5, 0.6) is 11.6 Å². The highest BCUT2D eigenvalue weighted by Crippen LogP contribution is 2.31. The number of nitrogens with one attached hydrogen (secondary N) is 1. The van der Waals surface area contributed by atoms with Gasteiger partial charge in [0.25, 0.3) is 5.91 Å². The standard InChI is InChI=1S/C22H22BrN3O3/c1-14-6-20(22(29-3)26-12-14)16-7-15(11-23)8-17(9-16)21(27)25-13-18-10-19(28-2)4-5-24-18/h4-10,12H,11,13H2,1-3H3,(H,25,27). The molecule has 0 fully saturated rings. The minimum atomic E-state index is -0.182. The van der Waals surface area contributed by atoms with E-state index >= 15 is 0 Å². The Hall–Kier alpha value is -2.93. The number of benzene rings is 1. The van der Waals surface area contributed by atoms with Gasteiger partial charge in [-0.05, 0) is 47.9 Å². The molecule has 0 aliphatic carbocycles. The Morgan fingerprint density at radius 1 is 1.10 bits per heavy atom. The first kappa shape index (κ1) is 20.8. The molecule has 0 unspecified atom stereocenters. The number of nitrogens with zero attached hydrogens (tertiary/aromatic N) is 2. The molecular weight excluding hydrogens is 434 g/mol. The van der Waals surface area contributed by atoms with Gasteiger partial charge in [0.15, 0.2) is 0 Å². The van der Waals surface area contributed by atoms with E-state index in [2.05, 4.69) is 31.2 Å². The number of pyridine rings is 2. The number of carbonyl (C=O) groups is 1. The average Bonchev–Trinajstić information content (AvgIpc) is 2.77. The summed E-state index contributed by atoms with van der Waals surface area (Å²) in [6.07, 6.45) is 3.41. The maximum absolute atomic E-state index is 12.8. The van der Waals surface area contributed by atoms with Gasteiger partial charge in [-0.1, -0.05) is 22.0 Å². The number of aromatic nitrogens is 2. The van der Waals surface area contributed by atoms with Crippen LogP contribution in [0, 0.1) is 6.92 Å². The van der Waals surface area contributed by atoms with Gasteiger partial charge in [-0.2, -0.15) is 0 Å². The van der Waals surface area contributed by atoms with Crippen molar-refractivity contribution in [1.29, 1.82) is 0 Å². The van der Waals surface area contributed by atoms with E-state index in [4.69, 9.17) is 9.47 Å². The second kappa shape index (κ2) is 9.52. The summed E-state index contributed by atoms with van der Waals surface area (Å²) in [7, 11) is 3.18. The lowest BCUT2D eigenvalue weighted by Gasteiger charge is -2.12. The van der Waals surface area contributed by atoms with Gasteiger partial charge in [-0.3, -0.25) is 9.78 Å². The number of rotatable bonds is 7. The molecule has 0 spiro atoms. The summed E-state index contributed by atoms with van der Waals surface area (Å²) >= 11 is 3.49. The van der Waals surface area contributed by atoms with Gasteiger partial charge in [0.2, 0.25) is 5.88 Å². The first-order valence-corrected chi connectivity index (χ1v) is 10.1. The molecule has 150 valence electrons. The third-order valence-corrected chi connectivity index (χ3v) is 5.00. The van der Waals surface area contributed by atoms with Crippen molar-refractivity contribution in [3.8, 4) is 22.8 Å². The quantitative estimate of drug-likeness (QED) is 0.537. The van der Waals surface area contributed by atoms with Crippen molar-refractivity contribution in [3.05, 3.63) is 71.2 Å². The highest BCUT2D eigenvalue weighted by atomic mass is 79.9. The molecule has 1 aromatic carbocycles. The Bertz CT molecular complexity index is 1020.